The summed E-state index contributed by atoms with van der Waals surface area (Å²) in [5, 5.41) is 12.2. The zero-order valence-electron chi connectivity index (χ0n) is 4.33. The van der Waals surface area contributed by atoms with E-state index >= 15 is 0 Å². The highest BCUT2D eigenvalue weighted by Crippen LogP contribution is 1.96. The molecule has 48 valence electrons. The predicted molar refractivity (Wildman–Crippen MR) is 41.6 cm³/mol. The van der Waals surface area contributed by atoms with Crippen molar-refractivity contribution in [3.05, 3.63) is 6.20 Å². The molecule has 0 saturated carbocycles. The Morgan fingerprint density at radius 1 is 1.89 bits per heavy atom. The topological polar surface area (TPSA) is 53.6 Å². The number of hydrogen-bond donors (Lipinski definition) is 3. The third-order valence-corrected chi connectivity index (χ3v) is 0.866. The van der Waals surface area contributed by atoms with Crippen LogP contribution in [0.4, 0.5) is 5.82 Å². The van der Waals surface area contributed by atoms with Crippen molar-refractivity contribution in [2.24, 2.45) is 0 Å². The van der Waals surface area contributed by atoms with Gasteiger partial charge in [-0.15, -0.1) is 17.7 Å². The normalized spacial score (nSPS) is 9.00. The van der Waals surface area contributed by atoms with E-state index in [2.05, 4.69) is 45.6 Å². The molecule has 9 heavy (non-hydrogen) atoms. The average molecular weight is 160 g/mol. The van der Waals surface area contributed by atoms with Crippen LogP contribution in [0, 0.1) is 0 Å². The molecule has 0 unspecified atom stereocenters. The van der Waals surface area contributed by atoms with E-state index < -0.39 is 0 Å². The number of aromatic nitrogens is 3. The average Bonchev–Trinajstić information content (AvgIpc) is 2.15. The van der Waals surface area contributed by atoms with Gasteiger partial charge in [-0.05, 0) is 0 Å². The van der Waals surface area contributed by atoms with E-state index in [1.54, 1.807) is 6.20 Å². The van der Waals surface area contributed by atoms with Gasteiger partial charge in [0.15, 0.2) is 5.82 Å². The van der Waals surface area contributed by atoms with E-state index in [0.29, 0.717) is 10.1 Å². The lowest BCUT2D eigenvalue weighted by atomic mass is 10.8. The third kappa shape index (κ3) is 1.98. The van der Waals surface area contributed by atoms with Crippen molar-refractivity contribution >= 4 is 35.0 Å². The Kier molecular flexibility index (Phi) is 2.01. The number of thiol groups is 1. The first-order chi connectivity index (χ1) is 4.29. The number of anilines is 1. The van der Waals surface area contributed by atoms with Gasteiger partial charge in [0.1, 0.15) is 4.32 Å². The number of thiocarbonyl (C=S) groups is 1. The van der Waals surface area contributed by atoms with Crippen molar-refractivity contribution in [2.45, 2.75) is 0 Å². The summed E-state index contributed by atoms with van der Waals surface area (Å²) in [5.74, 6) is 0.579. The molecule has 1 rings (SSSR count). The first-order valence-electron chi connectivity index (χ1n) is 2.15. The maximum Gasteiger partial charge on any atom is 0.173 e. The minimum atomic E-state index is 0.379. The van der Waals surface area contributed by atoms with Crippen LogP contribution >= 0.6 is 24.8 Å². The molecule has 1 heterocycles. The number of H-pyrrole nitrogens is 1. The van der Waals surface area contributed by atoms with Gasteiger partial charge in [0.05, 0.1) is 6.20 Å². The molecule has 6 heteroatoms. The molecule has 0 atom stereocenters. The quantitative estimate of drug-likeness (QED) is 0.412. The number of nitrogens with one attached hydrogen (secondary N) is 2. The highest BCUT2D eigenvalue weighted by atomic mass is 32.1. The minimum absolute atomic E-state index is 0.379. The lowest BCUT2D eigenvalue weighted by Crippen LogP contribution is -2.00. The lowest BCUT2D eigenvalue weighted by molar-refractivity contribution is 0.942. The zero-order valence-corrected chi connectivity index (χ0v) is 6.04. The fraction of sp³-hybridized carbons (Fsp3) is 0. The van der Waals surface area contributed by atoms with Gasteiger partial charge in [0.2, 0.25) is 0 Å². The first-order valence-corrected chi connectivity index (χ1v) is 3.01. The highest BCUT2D eigenvalue weighted by Gasteiger charge is 1.92. The van der Waals surface area contributed by atoms with E-state index in [0.717, 1.165) is 0 Å². The molecule has 0 bridgehead atoms. The number of nitrogens with zero attached hydrogens (tertiary/aromatic N) is 2. The molecule has 0 aliphatic carbocycles. The van der Waals surface area contributed by atoms with E-state index in [4.69, 9.17) is 0 Å². The van der Waals surface area contributed by atoms with Gasteiger partial charge in [-0.2, -0.15) is 0 Å². The summed E-state index contributed by atoms with van der Waals surface area (Å²) in [5.41, 5.74) is 0. The molecule has 0 aliphatic rings. The Bertz CT molecular complexity index is 194. The summed E-state index contributed by atoms with van der Waals surface area (Å²) in [4.78, 5) is 0. The zero-order chi connectivity index (χ0) is 6.69. The molecule has 4 nitrogen and oxygen atoms in total. The van der Waals surface area contributed by atoms with E-state index in [1.807, 2.05) is 0 Å². The fourth-order valence-corrected chi connectivity index (χ4v) is 0.591. The predicted octanol–water partition coefficient (Wildman–Crippen LogP) is 0.431. The molecule has 0 saturated heterocycles. The van der Waals surface area contributed by atoms with Crippen molar-refractivity contribution in [1.82, 2.24) is 15.4 Å². The lowest BCUT2D eigenvalue weighted by Gasteiger charge is -1.92. The van der Waals surface area contributed by atoms with E-state index in [9.17, 15) is 0 Å². The second-order valence-electron chi connectivity index (χ2n) is 1.29. The van der Waals surface area contributed by atoms with E-state index in [1.165, 1.54) is 0 Å². The Morgan fingerprint density at radius 3 is 3.11 bits per heavy atom. The monoisotopic (exact) mass is 160 g/mol. The van der Waals surface area contributed by atoms with Crippen LogP contribution in [0.5, 0.6) is 0 Å². The second kappa shape index (κ2) is 2.79. The summed E-state index contributed by atoms with van der Waals surface area (Å²) >= 11 is 8.44. The van der Waals surface area contributed by atoms with Crippen LogP contribution in [-0.4, -0.2) is 19.7 Å². The molecule has 0 amide bonds. The second-order valence-corrected chi connectivity index (χ2v) is 2.45. The van der Waals surface area contributed by atoms with Crippen LogP contribution in [-0.2, 0) is 0 Å². The molecule has 0 aromatic carbocycles. The molecule has 1 aromatic heterocycles. The summed E-state index contributed by atoms with van der Waals surface area (Å²) < 4.78 is 0.379. The molecule has 0 radical (unpaired) electrons. The summed E-state index contributed by atoms with van der Waals surface area (Å²) in [6.45, 7) is 0. The highest BCUT2D eigenvalue weighted by molar-refractivity contribution is 8.11. The Morgan fingerprint density at radius 2 is 2.67 bits per heavy atom. The molecule has 0 fully saturated rings. The van der Waals surface area contributed by atoms with Crippen molar-refractivity contribution < 1.29 is 0 Å². The van der Waals surface area contributed by atoms with Crippen LogP contribution in [0.2, 0.25) is 0 Å². The van der Waals surface area contributed by atoms with Gasteiger partial charge in [-0.3, -0.25) is 5.10 Å². The maximum absolute atomic E-state index is 4.61. The Hall–Kier alpha value is -0.620. The van der Waals surface area contributed by atoms with Crippen molar-refractivity contribution in [3.63, 3.8) is 0 Å². The Labute approximate surface area is 62.4 Å². The van der Waals surface area contributed by atoms with Crippen LogP contribution in [0.1, 0.15) is 0 Å². The molecule has 1 aromatic rings. The molecular weight excluding hydrogens is 156 g/mol. The first kappa shape index (κ1) is 6.50. The van der Waals surface area contributed by atoms with Gasteiger partial charge >= 0.3 is 0 Å². The Balaban J connectivity index is 2.58. The summed E-state index contributed by atoms with van der Waals surface area (Å²) in [7, 11) is 0. The molecule has 2 N–H and O–H groups in total. The van der Waals surface area contributed by atoms with Gasteiger partial charge in [0.25, 0.3) is 0 Å². The van der Waals surface area contributed by atoms with Crippen LogP contribution in [0.15, 0.2) is 6.20 Å². The van der Waals surface area contributed by atoms with Gasteiger partial charge in [-0.1, -0.05) is 17.4 Å². The molecule has 0 aliphatic heterocycles. The van der Waals surface area contributed by atoms with Crippen molar-refractivity contribution in [3.8, 4) is 0 Å². The summed E-state index contributed by atoms with van der Waals surface area (Å²) in [6.07, 6.45) is 1.59. The van der Waals surface area contributed by atoms with Crippen molar-refractivity contribution in [1.29, 1.82) is 0 Å². The third-order valence-electron chi connectivity index (χ3n) is 0.652. The largest absolute Gasteiger partial charge is 0.323 e. The van der Waals surface area contributed by atoms with Crippen LogP contribution < -0.4 is 5.32 Å². The minimum Gasteiger partial charge on any atom is -0.323 e. The molecule has 0 spiro atoms. The maximum atomic E-state index is 4.61. The molecular formula is C3H4N4S2. The summed E-state index contributed by atoms with van der Waals surface area (Å²) in [6, 6.07) is 0. The SMILES string of the molecule is S=C(S)Nc1c[nH]nn1. The van der Waals surface area contributed by atoms with Gasteiger partial charge < -0.3 is 5.32 Å². The van der Waals surface area contributed by atoms with Gasteiger partial charge in [-0.25, -0.2) is 0 Å². The number of rotatable bonds is 1. The fourth-order valence-electron chi connectivity index (χ4n) is 0.372. The van der Waals surface area contributed by atoms with Crippen molar-refractivity contribution in [2.75, 3.05) is 5.32 Å². The van der Waals surface area contributed by atoms with Crippen LogP contribution in [0.25, 0.3) is 0 Å². The van der Waals surface area contributed by atoms with E-state index in [-0.39, 0.29) is 0 Å². The van der Waals surface area contributed by atoms with Crippen LogP contribution in [0.3, 0.4) is 0 Å². The standard InChI is InChI=1S/C3H4N4S2/c8-3(9)5-2-1-4-7-6-2/h1H,(H3,4,5,6,7,8,9). The number of aromatic amines is 1. The smallest absolute Gasteiger partial charge is 0.173 e. The number of hydrogen-bond acceptors (Lipinski definition) is 3. The van der Waals surface area contributed by atoms with Gasteiger partial charge in [0, 0.05) is 0 Å².